The fourth-order valence-electron chi connectivity index (χ4n) is 2.82. The van der Waals surface area contributed by atoms with Crippen molar-refractivity contribution < 1.29 is 8.42 Å². The molecule has 5 nitrogen and oxygen atoms in total. The van der Waals surface area contributed by atoms with Gasteiger partial charge in [0, 0.05) is 28.5 Å². The van der Waals surface area contributed by atoms with E-state index >= 15 is 0 Å². The summed E-state index contributed by atoms with van der Waals surface area (Å²) in [5.41, 5.74) is 0. The zero-order chi connectivity index (χ0) is 15.9. The first-order chi connectivity index (χ1) is 10.4. The molecule has 3 rings (SSSR count). The average Bonchev–Trinajstić information content (AvgIpc) is 3.18. The highest BCUT2D eigenvalue weighted by Crippen LogP contribution is 2.39. The summed E-state index contributed by atoms with van der Waals surface area (Å²) in [6, 6.07) is 4.22. The SMILES string of the molecule is Cc1ccc([C@@H]2CCCN2S(=O)(=O)c2cnn(C(C)C)c2)s1. The van der Waals surface area contributed by atoms with Gasteiger partial charge in [0.15, 0.2) is 0 Å². The monoisotopic (exact) mass is 339 g/mol. The Morgan fingerprint density at radius 1 is 1.36 bits per heavy atom. The van der Waals surface area contributed by atoms with E-state index in [0.717, 1.165) is 17.7 Å². The van der Waals surface area contributed by atoms with Crippen LogP contribution in [-0.4, -0.2) is 29.0 Å². The highest BCUT2D eigenvalue weighted by Gasteiger charge is 2.37. The minimum atomic E-state index is -3.48. The summed E-state index contributed by atoms with van der Waals surface area (Å²) >= 11 is 1.68. The van der Waals surface area contributed by atoms with E-state index in [0.29, 0.717) is 11.4 Å². The molecule has 0 amide bonds. The highest BCUT2D eigenvalue weighted by atomic mass is 32.2. The van der Waals surface area contributed by atoms with Gasteiger partial charge in [-0.1, -0.05) is 0 Å². The Balaban J connectivity index is 1.93. The number of aromatic nitrogens is 2. The van der Waals surface area contributed by atoms with Crippen LogP contribution < -0.4 is 0 Å². The van der Waals surface area contributed by atoms with Gasteiger partial charge in [-0.2, -0.15) is 9.40 Å². The molecular formula is C15H21N3O2S2. The maximum atomic E-state index is 12.9. The number of rotatable bonds is 4. The summed E-state index contributed by atoms with van der Waals surface area (Å²) in [7, 11) is -3.48. The minimum Gasteiger partial charge on any atom is -0.269 e. The van der Waals surface area contributed by atoms with E-state index in [1.807, 2.05) is 13.8 Å². The summed E-state index contributed by atoms with van der Waals surface area (Å²) in [6.45, 7) is 6.60. The Morgan fingerprint density at radius 3 is 2.73 bits per heavy atom. The third kappa shape index (κ3) is 2.73. The van der Waals surface area contributed by atoms with Crippen LogP contribution in [-0.2, 0) is 10.0 Å². The molecule has 0 unspecified atom stereocenters. The van der Waals surface area contributed by atoms with Gasteiger partial charge in [0.05, 0.1) is 12.2 Å². The molecule has 0 spiro atoms. The smallest absolute Gasteiger partial charge is 0.246 e. The van der Waals surface area contributed by atoms with Crippen LogP contribution in [0.25, 0.3) is 0 Å². The quantitative estimate of drug-likeness (QED) is 0.858. The lowest BCUT2D eigenvalue weighted by Gasteiger charge is -2.22. The van der Waals surface area contributed by atoms with Gasteiger partial charge >= 0.3 is 0 Å². The molecule has 0 N–H and O–H groups in total. The largest absolute Gasteiger partial charge is 0.269 e. The molecular weight excluding hydrogens is 318 g/mol. The molecule has 0 saturated carbocycles. The van der Waals surface area contributed by atoms with Gasteiger partial charge in [-0.15, -0.1) is 11.3 Å². The summed E-state index contributed by atoms with van der Waals surface area (Å²) < 4.78 is 29.2. The predicted molar refractivity (Wildman–Crippen MR) is 87.5 cm³/mol. The lowest BCUT2D eigenvalue weighted by atomic mass is 10.2. The first-order valence-corrected chi connectivity index (χ1v) is 9.77. The van der Waals surface area contributed by atoms with Gasteiger partial charge in [-0.3, -0.25) is 4.68 Å². The summed E-state index contributed by atoms with van der Waals surface area (Å²) in [4.78, 5) is 2.64. The van der Waals surface area contributed by atoms with Gasteiger partial charge in [0.2, 0.25) is 10.0 Å². The molecule has 120 valence electrons. The van der Waals surface area contributed by atoms with Gasteiger partial charge in [0.1, 0.15) is 4.90 Å². The van der Waals surface area contributed by atoms with E-state index in [2.05, 4.69) is 24.2 Å². The van der Waals surface area contributed by atoms with Crippen molar-refractivity contribution >= 4 is 21.4 Å². The number of aryl methyl sites for hydroxylation is 1. The summed E-state index contributed by atoms with van der Waals surface area (Å²) in [6.07, 6.45) is 4.89. The van der Waals surface area contributed by atoms with Crippen molar-refractivity contribution in [1.82, 2.24) is 14.1 Å². The molecule has 1 fully saturated rings. The standard InChI is InChI=1S/C15H21N3O2S2/c1-11(2)17-10-13(9-16-17)22(19,20)18-8-4-5-14(18)15-7-6-12(3)21-15/h6-7,9-11,14H,4-5,8H2,1-3H3/t14-/m0/s1. The van der Waals surface area contributed by atoms with Crippen molar-refractivity contribution in [2.24, 2.45) is 0 Å². The van der Waals surface area contributed by atoms with Crippen LogP contribution in [0, 0.1) is 6.92 Å². The van der Waals surface area contributed by atoms with Crippen LogP contribution in [0.15, 0.2) is 29.4 Å². The second-order valence-electron chi connectivity index (χ2n) is 5.97. The average molecular weight is 339 g/mol. The molecule has 0 aromatic carbocycles. The van der Waals surface area contributed by atoms with Gasteiger partial charge in [-0.25, -0.2) is 8.42 Å². The normalized spacial score (nSPS) is 20.1. The Morgan fingerprint density at radius 2 is 2.14 bits per heavy atom. The third-order valence-corrected chi connectivity index (χ3v) is 6.97. The number of sulfonamides is 1. The Hall–Kier alpha value is -1.18. The molecule has 1 aliphatic rings. The lowest BCUT2D eigenvalue weighted by molar-refractivity contribution is 0.401. The molecule has 2 aromatic heterocycles. The number of nitrogens with zero attached hydrogens (tertiary/aromatic N) is 3. The number of hydrogen-bond donors (Lipinski definition) is 0. The molecule has 1 atom stereocenters. The summed E-state index contributed by atoms with van der Waals surface area (Å²) in [5.74, 6) is 0. The molecule has 1 aliphatic heterocycles. The van der Waals surface area contributed by atoms with Crippen molar-refractivity contribution in [1.29, 1.82) is 0 Å². The van der Waals surface area contributed by atoms with E-state index < -0.39 is 10.0 Å². The zero-order valence-corrected chi connectivity index (χ0v) is 14.7. The molecule has 1 saturated heterocycles. The minimum absolute atomic E-state index is 0.0360. The molecule has 0 radical (unpaired) electrons. The summed E-state index contributed by atoms with van der Waals surface area (Å²) in [5, 5.41) is 4.17. The number of thiophene rings is 1. The second-order valence-corrected chi connectivity index (χ2v) is 9.18. The topological polar surface area (TPSA) is 55.2 Å². The second kappa shape index (κ2) is 5.79. The van der Waals surface area contributed by atoms with Crippen LogP contribution in [0.5, 0.6) is 0 Å². The maximum Gasteiger partial charge on any atom is 0.246 e. The van der Waals surface area contributed by atoms with Crippen LogP contribution in [0.1, 0.15) is 48.5 Å². The Kier molecular flexibility index (Phi) is 4.13. The van der Waals surface area contributed by atoms with Crippen LogP contribution in [0.4, 0.5) is 0 Å². The Bertz CT molecular complexity index is 761. The van der Waals surface area contributed by atoms with Crippen molar-refractivity contribution in [3.63, 3.8) is 0 Å². The van der Waals surface area contributed by atoms with Crippen molar-refractivity contribution in [2.45, 2.75) is 50.6 Å². The number of hydrogen-bond acceptors (Lipinski definition) is 4. The van der Waals surface area contributed by atoms with Crippen molar-refractivity contribution in [2.75, 3.05) is 6.54 Å². The molecule has 22 heavy (non-hydrogen) atoms. The van der Waals surface area contributed by atoms with Crippen LogP contribution >= 0.6 is 11.3 Å². The predicted octanol–water partition coefficient (Wildman–Crippen LogP) is 3.36. The van der Waals surface area contributed by atoms with E-state index in [1.165, 1.54) is 11.1 Å². The molecule has 0 bridgehead atoms. The highest BCUT2D eigenvalue weighted by molar-refractivity contribution is 7.89. The van der Waals surface area contributed by atoms with Gasteiger partial charge < -0.3 is 0 Å². The van der Waals surface area contributed by atoms with Crippen molar-refractivity contribution in [3.05, 3.63) is 34.3 Å². The molecule has 0 aliphatic carbocycles. The van der Waals surface area contributed by atoms with Crippen LogP contribution in [0.3, 0.4) is 0 Å². The fraction of sp³-hybridized carbons (Fsp3) is 0.533. The zero-order valence-electron chi connectivity index (χ0n) is 13.1. The van der Waals surface area contributed by atoms with Crippen molar-refractivity contribution in [3.8, 4) is 0 Å². The Labute approximate surface area is 135 Å². The fourth-order valence-corrected chi connectivity index (χ4v) is 5.52. The van der Waals surface area contributed by atoms with E-state index in [1.54, 1.807) is 26.5 Å². The van der Waals surface area contributed by atoms with E-state index in [4.69, 9.17) is 0 Å². The first kappa shape index (κ1) is 15.7. The molecule has 7 heteroatoms. The van der Waals surface area contributed by atoms with E-state index in [-0.39, 0.29) is 12.1 Å². The van der Waals surface area contributed by atoms with Gasteiger partial charge in [0.25, 0.3) is 0 Å². The third-order valence-electron chi connectivity index (χ3n) is 4.01. The van der Waals surface area contributed by atoms with Crippen LogP contribution in [0.2, 0.25) is 0 Å². The molecule has 3 heterocycles. The lowest BCUT2D eigenvalue weighted by Crippen LogP contribution is -2.30. The van der Waals surface area contributed by atoms with Gasteiger partial charge in [-0.05, 0) is 45.7 Å². The first-order valence-electron chi connectivity index (χ1n) is 7.52. The maximum absolute atomic E-state index is 12.9. The molecule has 2 aromatic rings. The van der Waals surface area contributed by atoms with E-state index in [9.17, 15) is 8.42 Å².